The van der Waals surface area contributed by atoms with Gasteiger partial charge in [0.15, 0.2) is 0 Å². The summed E-state index contributed by atoms with van der Waals surface area (Å²) in [4.78, 5) is 20.7. The van der Waals surface area contributed by atoms with E-state index >= 15 is 0 Å². The van der Waals surface area contributed by atoms with Crippen LogP contribution in [0.1, 0.15) is 0 Å². The van der Waals surface area contributed by atoms with Crippen molar-refractivity contribution in [2.24, 2.45) is 11.7 Å². The van der Waals surface area contributed by atoms with E-state index in [1.54, 1.807) is 6.26 Å². The van der Waals surface area contributed by atoms with Crippen molar-refractivity contribution in [1.29, 1.82) is 0 Å². The van der Waals surface area contributed by atoms with Crippen molar-refractivity contribution in [3.8, 4) is 0 Å². The molecule has 70 valence electrons. The van der Waals surface area contributed by atoms with E-state index in [9.17, 15) is 9.59 Å². The van der Waals surface area contributed by atoms with Gasteiger partial charge in [-0.05, 0) is 6.26 Å². The van der Waals surface area contributed by atoms with Crippen molar-refractivity contribution < 1.29 is 19.8 Å². The smallest absolute Gasteiger partial charge is 0.321 e. The third-order valence-electron chi connectivity index (χ3n) is 1.43. The van der Waals surface area contributed by atoms with Crippen molar-refractivity contribution in [2.45, 2.75) is 11.5 Å². The summed E-state index contributed by atoms with van der Waals surface area (Å²) in [5, 5.41) is 17.5. The van der Waals surface area contributed by atoms with Crippen molar-refractivity contribution >= 4 is 24.0 Å². The molecule has 0 saturated carbocycles. The molecule has 0 aliphatic rings. The molecule has 0 aliphatic heterocycles. The average Bonchev–Trinajstić information content (AvgIpc) is 2.05. The molecule has 6 heteroatoms. The Bertz CT molecular complexity index is 175. The Morgan fingerprint density at radius 1 is 1.67 bits per heavy atom. The Morgan fingerprint density at radius 3 is 2.42 bits per heavy atom. The van der Waals surface area contributed by atoms with Gasteiger partial charge in [0.1, 0.15) is 17.8 Å². The lowest BCUT2D eigenvalue weighted by Gasteiger charge is -2.18. The van der Waals surface area contributed by atoms with Crippen molar-refractivity contribution in [2.75, 3.05) is 6.26 Å². The second-order valence-electron chi connectivity index (χ2n) is 2.20. The van der Waals surface area contributed by atoms with Crippen LogP contribution in [0.15, 0.2) is 0 Å². The number of aldehydes is 1. The molecular weight excluding hydrogens is 182 g/mol. The van der Waals surface area contributed by atoms with E-state index < -0.39 is 23.4 Å². The molecule has 0 aromatic heterocycles. The topological polar surface area (TPSA) is 101 Å². The molecule has 12 heavy (non-hydrogen) atoms. The highest BCUT2D eigenvalue weighted by atomic mass is 32.2. The molecule has 2 unspecified atom stereocenters. The Labute approximate surface area is 73.9 Å². The molecule has 0 saturated heterocycles. The van der Waals surface area contributed by atoms with E-state index in [0.29, 0.717) is 6.29 Å². The molecule has 3 atom stereocenters. The van der Waals surface area contributed by atoms with E-state index in [0.717, 1.165) is 11.8 Å². The molecule has 0 bridgehead atoms. The summed E-state index contributed by atoms with van der Waals surface area (Å²) in [7, 11) is 0. The van der Waals surface area contributed by atoms with Crippen molar-refractivity contribution in [3.05, 3.63) is 0 Å². The van der Waals surface area contributed by atoms with Gasteiger partial charge in [-0.25, -0.2) is 0 Å². The zero-order valence-corrected chi connectivity index (χ0v) is 7.32. The fourth-order valence-corrected chi connectivity index (χ4v) is 1.20. The highest BCUT2D eigenvalue weighted by molar-refractivity contribution is 7.99. The van der Waals surface area contributed by atoms with E-state index in [2.05, 4.69) is 0 Å². The lowest BCUT2D eigenvalue weighted by Crippen LogP contribution is -2.43. The summed E-state index contributed by atoms with van der Waals surface area (Å²) in [6, 6.07) is -1.34. The number of carboxylic acids is 1. The molecule has 0 radical (unpaired) electrons. The van der Waals surface area contributed by atoms with Crippen LogP contribution in [0.3, 0.4) is 0 Å². The van der Waals surface area contributed by atoms with Crippen LogP contribution in [0.4, 0.5) is 0 Å². The van der Waals surface area contributed by atoms with Gasteiger partial charge < -0.3 is 20.7 Å². The van der Waals surface area contributed by atoms with Crippen LogP contribution in [-0.4, -0.2) is 40.2 Å². The number of thioether (sulfide) groups is 1. The van der Waals surface area contributed by atoms with Gasteiger partial charge in [-0.15, -0.1) is 11.8 Å². The SMILES string of the molecule is CSC(O)C(C=O)[C@H](N)C(=O)O. The number of carbonyl (C=O) groups excluding carboxylic acids is 1. The van der Waals surface area contributed by atoms with Gasteiger partial charge >= 0.3 is 5.97 Å². The number of carboxylic acid groups (broad SMARTS) is 1. The lowest BCUT2D eigenvalue weighted by molar-refractivity contribution is -0.142. The van der Waals surface area contributed by atoms with Gasteiger partial charge in [-0.1, -0.05) is 0 Å². The largest absolute Gasteiger partial charge is 0.480 e. The second-order valence-corrected chi connectivity index (χ2v) is 3.16. The maximum Gasteiger partial charge on any atom is 0.321 e. The van der Waals surface area contributed by atoms with Gasteiger partial charge in [-0.3, -0.25) is 4.79 Å². The van der Waals surface area contributed by atoms with Gasteiger partial charge in [-0.2, -0.15) is 0 Å². The Kier molecular flexibility index (Phi) is 4.87. The van der Waals surface area contributed by atoms with E-state index in [4.69, 9.17) is 15.9 Å². The number of carbonyl (C=O) groups is 2. The zero-order chi connectivity index (χ0) is 9.72. The average molecular weight is 193 g/mol. The number of hydrogen-bond donors (Lipinski definition) is 3. The highest BCUT2D eigenvalue weighted by Crippen LogP contribution is 2.15. The first-order chi connectivity index (χ1) is 5.54. The molecule has 0 aliphatic carbocycles. The second kappa shape index (κ2) is 5.13. The number of nitrogens with two attached hydrogens (primary N) is 1. The molecule has 0 rings (SSSR count). The first kappa shape index (κ1) is 11.4. The summed E-state index contributed by atoms with van der Waals surface area (Å²) in [5.41, 5.74) is 4.08. The van der Waals surface area contributed by atoms with Gasteiger partial charge in [0.2, 0.25) is 0 Å². The molecule has 5 nitrogen and oxygen atoms in total. The minimum absolute atomic E-state index is 0.361. The van der Waals surface area contributed by atoms with Crippen LogP contribution in [0.5, 0.6) is 0 Å². The third kappa shape index (κ3) is 2.80. The van der Waals surface area contributed by atoms with Crippen LogP contribution in [0.2, 0.25) is 0 Å². The summed E-state index contributed by atoms with van der Waals surface area (Å²) in [6.07, 6.45) is 1.93. The summed E-state index contributed by atoms with van der Waals surface area (Å²) >= 11 is 0.984. The highest BCUT2D eigenvalue weighted by Gasteiger charge is 2.29. The molecular formula is C6H11NO4S. The third-order valence-corrected chi connectivity index (χ3v) is 2.22. The standard InChI is InChI=1S/C6H11NO4S/c1-12-6(11)3(2-8)4(7)5(9)10/h2-4,6,11H,7H2,1H3,(H,9,10)/t3?,4-,6?/m0/s1. The molecule has 0 aromatic rings. The van der Waals surface area contributed by atoms with Crippen molar-refractivity contribution in [3.63, 3.8) is 0 Å². The molecule has 0 heterocycles. The summed E-state index contributed by atoms with van der Waals surface area (Å²) in [5.74, 6) is -2.35. The van der Waals surface area contributed by atoms with Crippen LogP contribution < -0.4 is 5.73 Å². The Morgan fingerprint density at radius 2 is 2.17 bits per heavy atom. The van der Waals surface area contributed by atoms with Crippen molar-refractivity contribution in [1.82, 2.24) is 0 Å². The fraction of sp³-hybridized carbons (Fsp3) is 0.667. The lowest BCUT2D eigenvalue weighted by atomic mass is 10.0. The normalized spacial score (nSPS) is 17.9. The van der Waals surface area contributed by atoms with Gasteiger partial charge in [0.05, 0.1) is 5.92 Å². The van der Waals surface area contributed by atoms with E-state index in [-0.39, 0.29) is 0 Å². The van der Waals surface area contributed by atoms with Gasteiger partial charge in [0.25, 0.3) is 0 Å². The Hall–Kier alpha value is -0.590. The fourth-order valence-electron chi connectivity index (χ4n) is 0.651. The number of aliphatic carboxylic acids is 1. The first-order valence-corrected chi connectivity index (χ1v) is 4.48. The monoisotopic (exact) mass is 193 g/mol. The summed E-state index contributed by atoms with van der Waals surface area (Å²) < 4.78 is 0. The van der Waals surface area contributed by atoms with Crippen LogP contribution in [-0.2, 0) is 9.59 Å². The number of aliphatic hydroxyl groups is 1. The number of aliphatic hydroxyl groups excluding tert-OH is 1. The predicted molar refractivity (Wildman–Crippen MR) is 44.7 cm³/mol. The minimum Gasteiger partial charge on any atom is -0.480 e. The zero-order valence-electron chi connectivity index (χ0n) is 6.51. The predicted octanol–water partition coefficient (Wildman–Crippen LogP) is -1.11. The Balaban J connectivity index is 4.33. The van der Waals surface area contributed by atoms with Crippen LogP contribution in [0.25, 0.3) is 0 Å². The summed E-state index contributed by atoms with van der Waals surface area (Å²) in [6.45, 7) is 0. The molecule has 0 amide bonds. The van der Waals surface area contributed by atoms with Crippen LogP contribution in [0, 0.1) is 5.92 Å². The van der Waals surface area contributed by atoms with Crippen LogP contribution >= 0.6 is 11.8 Å². The van der Waals surface area contributed by atoms with E-state index in [1.165, 1.54) is 0 Å². The quantitative estimate of drug-likeness (QED) is 0.378. The molecule has 0 fully saturated rings. The number of rotatable bonds is 5. The van der Waals surface area contributed by atoms with E-state index in [1.807, 2.05) is 0 Å². The number of hydrogen-bond acceptors (Lipinski definition) is 5. The molecule has 4 N–H and O–H groups in total. The first-order valence-electron chi connectivity index (χ1n) is 3.19. The minimum atomic E-state index is -1.34. The maximum atomic E-state index is 10.3. The maximum absolute atomic E-state index is 10.3. The molecule has 0 aromatic carbocycles. The van der Waals surface area contributed by atoms with Gasteiger partial charge in [0, 0.05) is 0 Å². The molecule has 0 spiro atoms.